The van der Waals surface area contributed by atoms with Crippen molar-refractivity contribution >= 4 is 5.69 Å². The second kappa shape index (κ2) is 3.30. The molecule has 1 N–H and O–H groups in total. The maximum atomic E-state index is 3.03. The number of hydrogen-bond donors (Lipinski definition) is 1. The monoisotopic (exact) mass is 138 g/mol. The topological polar surface area (TPSA) is 19.0 Å². The van der Waals surface area contributed by atoms with Crippen molar-refractivity contribution in [2.45, 2.75) is 13.3 Å². The zero-order chi connectivity index (χ0) is 7.40. The Hall–Kier alpha value is -0.920. The molecule has 0 bridgehead atoms. The Morgan fingerprint density at radius 1 is 1.60 bits per heavy atom. The molecular weight excluding hydrogens is 124 g/mol. The minimum atomic E-state index is 1.12. The van der Waals surface area contributed by atoms with E-state index in [1.54, 1.807) is 0 Å². The van der Waals surface area contributed by atoms with Crippen LogP contribution in [0.15, 0.2) is 18.5 Å². The van der Waals surface area contributed by atoms with Crippen LogP contribution in [0.1, 0.15) is 13.3 Å². The first-order valence-corrected chi connectivity index (χ1v) is 3.68. The van der Waals surface area contributed by atoms with E-state index in [2.05, 4.69) is 29.9 Å². The number of nitrogens with one attached hydrogen (secondary N) is 1. The largest absolute Gasteiger partial charge is 0.373 e. The summed E-state index contributed by atoms with van der Waals surface area (Å²) in [5, 5.41) is 0. The van der Waals surface area contributed by atoms with Gasteiger partial charge in [0.1, 0.15) is 0 Å². The van der Waals surface area contributed by atoms with Crippen LogP contribution in [-0.2, 0) is 0 Å². The minimum Gasteiger partial charge on any atom is -0.373 e. The Kier molecular flexibility index (Phi) is 2.37. The van der Waals surface area contributed by atoms with E-state index < -0.39 is 0 Å². The van der Waals surface area contributed by atoms with Gasteiger partial charge in [-0.05, 0) is 12.5 Å². The van der Waals surface area contributed by atoms with Gasteiger partial charge in [0.2, 0.25) is 0 Å². The van der Waals surface area contributed by atoms with Gasteiger partial charge in [-0.15, -0.1) is 0 Å². The number of aromatic nitrogens is 1. The van der Waals surface area contributed by atoms with Crippen LogP contribution in [0.2, 0.25) is 0 Å². The summed E-state index contributed by atoms with van der Waals surface area (Å²) in [6.45, 7) is 3.31. The first kappa shape index (κ1) is 7.19. The molecule has 1 aromatic heterocycles. The highest BCUT2D eigenvalue weighted by Crippen LogP contribution is 2.09. The molecule has 0 atom stereocenters. The Bertz CT molecular complexity index is 167. The highest BCUT2D eigenvalue weighted by molar-refractivity contribution is 5.42. The second-order valence-electron chi connectivity index (χ2n) is 2.49. The van der Waals surface area contributed by atoms with E-state index in [1.807, 2.05) is 12.4 Å². The third-order valence-corrected chi connectivity index (χ3v) is 1.58. The SMILES string of the molecule is CCCN(C)c1cc[nH]c1. The quantitative estimate of drug-likeness (QED) is 0.675. The average Bonchev–Trinajstić information content (AvgIpc) is 2.38. The molecule has 2 nitrogen and oxygen atoms in total. The van der Waals surface area contributed by atoms with Crippen molar-refractivity contribution in [3.05, 3.63) is 18.5 Å². The van der Waals surface area contributed by atoms with E-state index >= 15 is 0 Å². The lowest BCUT2D eigenvalue weighted by atomic mass is 10.4. The predicted molar refractivity (Wildman–Crippen MR) is 44.4 cm³/mol. The van der Waals surface area contributed by atoms with Gasteiger partial charge < -0.3 is 9.88 Å². The van der Waals surface area contributed by atoms with Crippen molar-refractivity contribution < 1.29 is 0 Å². The van der Waals surface area contributed by atoms with Gasteiger partial charge in [0.05, 0.1) is 5.69 Å². The lowest BCUT2D eigenvalue weighted by Crippen LogP contribution is -2.16. The molecule has 0 saturated heterocycles. The van der Waals surface area contributed by atoms with E-state index in [4.69, 9.17) is 0 Å². The van der Waals surface area contributed by atoms with E-state index in [-0.39, 0.29) is 0 Å². The van der Waals surface area contributed by atoms with Crippen molar-refractivity contribution in [1.29, 1.82) is 0 Å². The highest BCUT2D eigenvalue weighted by atomic mass is 15.1. The molecule has 56 valence electrons. The third-order valence-electron chi connectivity index (χ3n) is 1.58. The summed E-state index contributed by atoms with van der Waals surface area (Å²) in [5.41, 5.74) is 1.27. The zero-order valence-corrected chi connectivity index (χ0v) is 6.59. The molecule has 0 radical (unpaired) electrons. The first-order chi connectivity index (χ1) is 4.84. The minimum absolute atomic E-state index is 1.12. The summed E-state index contributed by atoms with van der Waals surface area (Å²) in [6, 6.07) is 2.08. The van der Waals surface area contributed by atoms with Crippen molar-refractivity contribution in [3.63, 3.8) is 0 Å². The fourth-order valence-corrected chi connectivity index (χ4v) is 1.02. The lowest BCUT2D eigenvalue weighted by Gasteiger charge is -2.15. The van der Waals surface area contributed by atoms with Gasteiger partial charge >= 0.3 is 0 Å². The van der Waals surface area contributed by atoms with Gasteiger partial charge in [-0.1, -0.05) is 6.92 Å². The van der Waals surface area contributed by atoms with E-state index in [1.165, 1.54) is 12.1 Å². The Morgan fingerprint density at radius 2 is 2.40 bits per heavy atom. The van der Waals surface area contributed by atoms with Crippen molar-refractivity contribution in [2.75, 3.05) is 18.5 Å². The lowest BCUT2D eigenvalue weighted by molar-refractivity contribution is 0.853. The van der Waals surface area contributed by atoms with Gasteiger partial charge in [0, 0.05) is 26.0 Å². The van der Waals surface area contributed by atoms with Gasteiger partial charge in [0.15, 0.2) is 0 Å². The molecule has 0 saturated carbocycles. The van der Waals surface area contributed by atoms with Gasteiger partial charge in [-0.3, -0.25) is 0 Å². The third kappa shape index (κ3) is 1.53. The number of nitrogens with zero attached hydrogens (tertiary/aromatic N) is 1. The molecule has 0 aliphatic carbocycles. The normalized spacial score (nSPS) is 9.80. The Labute approximate surface area is 61.9 Å². The van der Waals surface area contributed by atoms with Crippen molar-refractivity contribution in [2.24, 2.45) is 0 Å². The molecule has 1 rings (SSSR count). The van der Waals surface area contributed by atoms with Crippen molar-refractivity contribution in [3.8, 4) is 0 Å². The molecule has 0 amide bonds. The van der Waals surface area contributed by atoms with Crippen LogP contribution < -0.4 is 4.90 Å². The summed E-state index contributed by atoms with van der Waals surface area (Å²) in [5.74, 6) is 0. The molecule has 1 aromatic rings. The van der Waals surface area contributed by atoms with Gasteiger partial charge in [-0.2, -0.15) is 0 Å². The summed E-state index contributed by atoms with van der Waals surface area (Å²) < 4.78 is 0. The molecule has 1 heterocycles. The number of rotatable bonds is 3. The standard InChI is InChI=1S/C8H14N2/c1-3-6-10(2)8-4-5-9-7-8/h4-5,7,9H,3,6H2,1-2H3. The summed E-state index contributed by atoms with van der Waals surface area (Å²) in [4.78, 5) is 5.26. The molecular formula is C8H14N2. The smallest absolute Gasteiger partial charge is 0.0541 e. The number of aromatic amines is 1. The van der Waals surface area contributed by atoms with Gasteiger partial charge in [-0.25, -0.2) is 0 Å². The second-order valence-corrected chi connectivity index (χ2v) is 2.49. The van der Waals surface area contributed by atoms with E-state index in [0.29, 0.717) is 0 Å². The van der Waals surface area contributed by atoms with E-state index in [9.17, 15) is 0 Å². The van der Waals surface area contributed by atoms with Crippen molar-refractivity contribution in [1.82, 2.24) is 4.98 Å². The molecule has 0 aliphatic heterocycles. The van der Waals surface area contributed by atoms with Crippen LogP contribution in [0.5, 0.6) is 0 Å². The number of hydrogen-bond acceptors (Lipinski definition) is 1. The molecule has 10 heavy (non-hydrogen) atoms. The van der Waals surface area contributed by atoms with Crippen LogP contribution in [-0.4, -0.2) is 18.6 Å². The zero-order valence-electron chi connectivity index (χ0n) is 6.59. The number of H-pyrrole nitrogens is 1. The van der Waals surface area contributed by atoms with Crippen LogP contribution >= 0.6 is 0 Å². The number of anilines is 1. The molecule has 0 fully saturated rings. The molecule has 0 aromatic carbocycles. The highest BCUT2D eigenvalue weighted by Gasteiger charge is 1.96. The first-order valence-electron chi connectivity index (χ1n) is 3.68. The van der Waals surface area contributed by atoms with E-state index in [0.717, 1.165) is 6.54 Å². The summed E-state index contributed by atoms with van der Waals surface area (Å²) in [7, 11) is 2.10. The van der Waals surface area contributed by atoms with Crippen LogP contribution in [0.3, 0.4) is 0 Å². The molecule has 0 aliphatic rings. The average molecular weight is 138 g/mol. The maximum absolute atomic E-state index is 3.03. The fraction of sp³-hybridized carbons (Fsp3) is 0.500. The summed E-state index contributed by atoms with van der Waals surface area (Å²) in [6.07, 6.45) is 5.15. The maximum Gasteiger partial charge on any atom is 0.0541 e. The molecule has 0 spiro atoms. The van der Waals surface area contributed by atoms with Gasteiger partial charge in [0.25, 0.3) is 0 Å². The Balaban J connectivity index is 2.50. The fourth-order valence-electron chi connectivity index (χ4n) is 1.02. The van der Waals surface area contributed by atoms with Crippen LogP contribution in [0.4, 0.5) is 5.69 Å². The predicted octanol–water partition coefficient (Wildman–Crippen LogP) is 1.86. The van der Waals surface area contributed by atoms with Crippen LogP contribution in [0.25, 0.3) is 0 Å². The summed E-state index contributed by atoms with van der Waals surface area (Å²) >= 11 is 0. The molecule has 2 heteroatoms. The Morgan fingerprint density at radius 3 is 2.90 bits per heavy atom. The molecule has 0 unspecified atom stereocenters. The van der Waals surface area contributed by atoms with Crippen LogP contribution in [0, 0.1) is 0 Å².